The fourth-order valence-corrected chi connectivity index (χ4v) is 0. The summed E-state index contributed by atoms with van der Waals surface area (Å²) in [7, 11) is -1.64. The maximum atomic E-state index is 10.2. The third-order valence-electron chi connectivity index (χ3n) is 0. The zero-order valence-corrected chi connectivity index (χ0v) is 4.75. The van der Waals surface area contributed by atoms with E-state index >= 15 is 0 Å². The smallest absolute Gasteiger partial charge is 0.0481 e. The molecular weight excluding hydrogens is 83.0 g/mol. The lowest BCUT2D eigenvalue weighted by Crippen LogP contribution is -1.73. The van der Waals surface area contributed by atoms with Crippen LogP contribution in [0.1, 0.15) is 0 Å². The van der Waals surface area contributed by atoms with Gasteiger partial charge in [0, 0.05) is 0 Å². The minimum Gasteiger partial charge on any atom is -0.0481 e. The molecule has 0 aliphatic heterocycles. The van der Waals surface area contributed by atoms with E-state index in [1.165, 1.54) is 0 Å². The maximum absolute atomic E-state index is 10.2. The van der Waals surface area contributed by atoms with E-state index in [2.05, 4.69) is 0 Å². The van der Waals surface area contributed by atoms with E-state index in [1.807, 2.05) is 0 Å². The molecule has 2 heteroatoms. The zero-order valence-electron chi connectivity index (χ0n) is 3.86. The van der Waals surface area contributed by atoms with Gasteiger partial charge < -0.3 is 0 Å². The van der Waals surface area contributed by atoms with E-state index in [4.69, 9.17) is 0 Å². The van der Waals surface area contributed by atoms with Crippen LogP contribution in [0.4, 0.5) is 0 Å². The van der Waals surface area contributed by atoms with E-state index in [0.29, 0.717) is 0 Å². The van der Waals surface area contributed by atoms with Crippen molar-refractivity contribution < 1.29 is 4.89 Å². The van der Waals surface area contributed by atoms with Gasteiger partial charge in [-0.15, -0.1) is 0 Å². The van der Waals surface area contributed by atoms with Crippen LogP contribution < -0.4 is 0 Å². The first-order chi connectivity index (χ1) is 2.00. The van der Waals surface area contributed by atoms with Crippen molar-refractivity contribution in [2.75, 3.05) is 20.0 Å². The normalized spacial score (nSPS) is 12.0. The van der Waals surface area contributed by atoms with Crippen LogP contribution in [0.25, 0.3) is 0 Å². The van der Waals surface area contributed by atoms with Crippen LogP contribution in [0.3, 0.4) is 0 Å². The molecule has 0 aromatic rings. The van der Waals surface area contributed by atoms with Gasteiger partial charge in [-0.3, -0.25) is 0 Å². The van der Waals surface area contributed by atoms with Gasteiger partial charge in [0.05, 0.1) is 20.0 Å². The van der Waals surface area contributed by atoms with Gasteiger partial charge in [0.2, 0.25) is 0 Å². The summed E-state index contributed by atoms with van der Waals surface area (Å²) >= 11 is 0. The van der Waals surface area contributed by atoms with Gasteiger partial charge in [-0.1, -0.05) is 0 Å². The quantitative estimate of drug-likeness (QED) is 0.400. The molecule has 0 bridgehead atoms. The van der Waals surface area contributed by atoms with Crippen molar-refractivity contribution in [2.45, 2.75) is 0 Å². The van der Waals surface area contributed by atoms with Gasteiger partial charge in [-0.25, -0.2) is 0 Å². The van der Waals surface area contributed by atoms with Crippen LogP contribution >= 0.6 is 7.49 Å². The Bertz CT molecular complexity index is 22.4. The first-order valence-electron chi connectivity index (χ1n) is 1.52. The van der Waals surface area contributed by atoms with Crippen LogP contribution in [0.15, 0.2) is 0 Å². The summed E-state index contributed by atoms with van der Waals surface area (Å²) in [5.41, 5.74) is 0. The van der Waals surface area contributed by atoms with Crippen molar-refractivity contribution in [2.24, 2.45) is 0 Å². The highest BCUT2D eigenvalue weighted by Gasteiger charge is 2.12. The average molecular weight is 92.1 g/mol. The molecule has 31 valence electrons. The van der Waals surface area contributed by atoms with Gasteiger partial charge in [0.15, 0.2) is 7.49 Å². The van der Waals surface area contributed by atoms with Gasteiger partial charge in [0.1, 0.15) is 0 Å². The molecular formula is C3H9OP+. The van der Waals surface area contributed by atoms with E-state index in [-0.39, 0.29) is 0 Å². The molecule has 0 aliphatic rings. The molecule has 0 saturated heterocycles. The predicted molar refractivity (Wildman–Crippen MR) is 25.4 cm³/mol. The summed E-state index contributed by atoms with van der Waals surface area (Å²) in [6.07, 6.45) is 0. The summed E-state index contributed by atoms with van der Waals surface area (Å²) in [6, 6.07) is 0. The third-order valence-corrected chi connectivity index (χ3v) is 0. The molecule has 0 unspecified atom stereocenters. The van der Waals surface area contributed by atoms with Gasteiger partial charge in [0.25, 0.3) is 0 Å². The van der Waals surface area contributed by atoms with E-state index in [9.17, 15) is 4.89 Å². The molecule has 0 N–H and O–H groups in total. The summed E-state index contributed by atoms with van der Waals surface area (Å²) in [5, 5.41) is 0. The standard InChI is InChI=1S/C3H9OP/c1-5(2,3)4/h1-3H3/q+1. The first kappa shape index (κ1) is 5.39. The Morgan fingerprint density at radius 3 is 1.20 bits per heavy atom. The lowest BCUT2D eigenvalue weighted by atomic mass is 11.9. The molecule has 1 radical (unpaired) electrons. The van der Waals surface area contributed by atoms with E-state index < -0.39 is 7.49 Å². The van der Waals surface area contributed by atoms with Crippen LogP contribution in [-0.4, -0.2) is 20.0 Å². The maximum Gasteiger partial charge on any atom is 0.182 e. The lowest BCUT2D eigenvalue weighted by molar-refractivity contribution is 0.491. The average Bonchev–Trinajstić information content (AvgIpc) is 0.722. The topological polar surface area (TPSA) is 19.9 Å². The molecule has 1 nitrogen and oxygen atoms in total. The minimum atomic E-state index is -1.64. The Kier molecular flexibility index (Phi) is 1.33. The Morgan fingerprint density at radius 1 is 1.20 bits per heavy atom. The van der Waals surface area contributed by atoms with Gasteiger partial charge >= 0.3 is 0 Å². The largest absolute Gasteiger partial charge is 0.182 e. The summed E-state index contributed by atoms with van der Waals surface area (Å²) in [5.74, 6) is 0. The molecule has 0 aliphatic carbocycles. The number of rotatable bonds is 0. The highest BCUT2D eigenvalue weighted by molar-refractivity contribution is 7.67. The molecule has 0 rings (SSSR count). The van der Waals surface area contributed by atoms with Crippen molar-refractivity contribution in [3.63, 3.8) is 0 Å². The van der Waals surface area contributed by atoms with Crippen molar-refractivity contribution in [1.29, 1.82) is 0 Å². The zero-order chi connectivity index (χ0) is 4.50. The summed E-state index contributed by atoms with van der Waals surface area (Å²) in [4.78, 5) is 10.2. The minimum absolute atomic E-state index is 1.64. The highest BCUT2D eigenvalue weighted by atomic mass is 31.2. The lowest BCUT2D eigenvalue weighted by Gasteiger charge is -1.89. The fraction of sp³-hybridized carbons (Fsp3) is 1.00. The van der Waals surface area contributed by atoms with Gasteiger partial charge in [-0.2, -0.15) is 0 Å². The van der Waals surface area contributed by atoms with Crippen LogP contribution in [0.5, 0.6) is 0 Å². The molecule has 5 heavy (non-hydrogen) atoms. The van der Waals surface area contributed by atoms with Crippen LogP contribution in [0, 0.1) is 0 Å². The number of hydrogen-bond donors (Lipinski definition) is 0. The highest BCUT2D eigenvalue weighted by Crippen LogP contribution is 2.41. The Labute approximate surface area is 33.4 Å². The predicted octanol–water partition coefficient (Wildman–Crippen LogP) is 1.24. The molecule has 0 aromatic carbocycles. The van der Waals surface area contributed by atoms with Crippen LogP contribution in [0.2, 0.25) is 0 Å². The molecule has 0 spiro atoms. The second kappa shape index (κ2) is 1.24. The molecule has 0 saturated carbocycles. The van der Waals surface area contributed by atoms with Crippen molar-refractivity contribution >= 4 is 7.49 Å². The van der Waals surface area contributed by atoms with E-state index in [0.717, 1.165) is 0 Å². The monoisotopic (exact) mass is 92.0 g/mol. The van der Waals surface area contributed by atoms with Crippen molar-refractivity contribution in [3.8, 4) is 0 Å². The molecule has 0 aromatic heterocycles. The molecule has 0 amide bonds. The van der Waals surface area contributed by atoms with Gasteiger partial charge in [-0.05, 0) is 4.89 Å². The third kappa shape index (κ3) is 165. The molecule has 0 atom stereocenters. The van der Waals surface area contributed by atoms with Crippen molar-refractivity contribution in [3.05, 3.63) is 0 Å². The second-order valence-electron chi connectivity index (χ2n) is 1.89. The Morgan fingerprint density at radius 2 is 1.20 bits per heavy atom. The first-order valence-corrected chi connectivity index (χ1v) is 4.57. The Balaban J connectivity index is 3.02. The molecule has 0 heterocycles. The van der Waals surface area contributed by atoms with Crippen molar-refractivity contribution in [1.82, 2.24) is 0 Å². The summed E-state index contributed by atoms with van der Waals surface area (Å²) in [6.45, 7) is 5.23. The Hall–Kier alpha value is 0.390. The SMILES string of the molecule is C[P+](C)(C)[O]. The summed E-state index contributed by atoms with van der Waals surface area (Å²) < 4.78 is 0. The van der Waals surface area contributed by atoms with Crippen LogP contribution in [-0.2, 0) is 4.89 Å². The fourth-order valence-electron chi connectivity index (χ4n) is 0. The second-order valence-corrected chi connectivity index (χ2v) is 5.67. The van der Waals surface area contributed by atoms with E-state index in [1.54, 1.807) is 20.0 Å². The number of hydrogen-bond acceptors (Lipinski definition) is 0. The molecule has 0 fully saturated rings.